The molecule has 0 aliphatic carbocycles. The first kappa shape index (κ1) is 12.5. The highest BCUT2D eigenvalue weighted by Gasteiger charge is 2.45. The maximum Gasteiger partial charge on any atom is 0.325 e. The smallest absolute Gasteiger partial charge is 0.325 e. The first-order chi connectivity index (χ1) is 7.86. The predicted molar refractivity (Wildman–Crippen MR) is 62.2 cm³/mol. The van der Waals surface area contributed by atoms with Gasteiger partial charge in [0, 0.05) is 13.1 Å². The third kappa shape index (κ3) is 2.08. The number of sulfonamides is 1. The second kappa shape index (κ2) is 4.05. The number of rotatable bonds is 3. The van der Waals surface area contributed by atoms with Gasteiger partial charge in [0.2, 0.25) is 0 Å². The summed E-state index contributed by atoms with van der Waals surface area (Å²) >= 11 is 1.11. The minimum Gasteiger partial charge on any atom is -0.480 e. The van der Waals surface area contributed by atoms with Crippen molar-refractivity contribution in [3.8, 4) is 0 Å². The van der Waals surface area contributed by atoms with Crippen molar-refractivity contribution >= 4 is 27.3 Å². The lowest BCUT2D eigenvalue weighted by molar-refractivity contribution is -0.142. The highest BCUT2D eigenvalue weighted by molar-refractivity contribution is 7.91. The van der Waals surface area contributed by atoms with E-state index >= 15 is 0 Å². The van der Waals surface area contributed by atoms with Crippen LogP contribution in [0.2, 0.25) is 0 Å². The number of carbonyl (C=O) groups is 1. The van der Waals surface area contributed by atoms with E-state index in [9.17, 15) is 13.2 Å². The van der Waals surface area contributed by atoms with Crippen molar-refractivity contribution in [2.45, 2.75) is 16.2 Å². The second-order valence-electron chi connectivity index (χ2n) is 3.98. The van der Waals surface area contributed by atoms with Crippen molar-refractivity contribution in [3.63, 3.8) is 0 Å². The van der Waals surface area contributed by atoms with Gasteiger partial charge in [-0.05, 0) is 17.9 Å². The van der Waals surface area contributed by atoms with Gasteiger partial charge in [0.15, 0.2) is 0 Å². The summed E-state index contributed by atoms with van der Waals surface area (Å²) in [4.78, 5) is 10.9. The molecule has 1 aromatic heterocycles. The molecule has 1 fully saturated rings. The Bertz CT molecular complexity index is 525. The molecule has 1 aliphatic heterocycles. The Labute approximate surface area is 103 Å². The number of nitrogens with zero attached hydrogens (tertiary/aromatic N) is 1. The summed E-state index contributed by atoms with van der Waals surface area (Å²) < 4.78 is 25.5. The highest BCUT2D eigenvalue weighted by Crippen LogP contribution is 2.27. The van der Waals surface area contributed by atoms with E-state index in [-0.39, 0.29) is 23.7 Å². The van der Waals surface area contributed by atoms with E-state index < -0.39 is 21.5 Å². The molecule has 0 bridgehead atoms. The number of carboxylic acids is 1. The Kier molecular flexibility index (Phi) is 2.98. The Morgan fingerprint density at radius 2 is 2.29 bits per heavy atom. The van der Waals surface area contributed by atoms with Crippen molar-refractivity contribution in [1.29, 1.82) is 0 Å². The number of nitrogens with two attached hydrogens (primary N) is 1. The molecule has 2 rings (SSSR count). The lowest BCUT2D eigenvalue weighted by Gasteiger charge is -2.19. The van der Waals surface area contributed by atoms with Gasteiger partial charge in [0.25, 0.3) is 10.0 Å². The molecule has 17 heavy (non-hydrogen) atoms. The van der Waals surface area contributed by atoms with Crippen LogP contribution in [0.4, 0.5) is 0 Å². The van der Waals surface area contributed by atoms with Crippen LogP contribution in [0.1, 0.15) is 6.42 Å². The summed E-state index contributed by atoms with van der Waals surface area (Å²) in [6, 6.07) is 3.14. The van der Waals surface area contributed by atoms with Gasteiger partial charge in [0.05, 0.1) is 0 Å². The van der Waals surface area contributed by atoms with E-state index in [0.29, 0.717) is 0 Å². The summed E-state index contributed by atoms with van der Waals surface area (Å²) in [6.07, 6.45) is 0.132. The summed E-state index contributed by atoms with van der Waals surface area (Å²) in [5.41, 5.74) is 4.17. The lowest BCUT2D eigenvalue weighted by Crippen LogP contribution is -2.50. The summed E-state index contributed by atoms with van der Waals surface area (Å²) in [6.45, 7) is -0.0361. The maximum atomic E-state index is 12.1. The molecule has 0 spiro atoms. The van der Waals surface area contributed by atoms with Crippen molar-refractivity contribution in [1.82, 2.24) is 4.31 Å². The minimum atomic E-state index is -3.59. The van der Waals surface area contributed by atoms with E-state index in [2.05, 4.69) is 0 Å². The maximum absolute atomic E-state index is 12.1. The first-order valence-corrected chi connectivity index (χ1v) is 7.24. The molecule has 0 saturated carbocycles. The standard InChI is InChI=1S/C9H12N2O4S2/c10-9(8(12)13)3-4-11(6-9)17(14,15)7-2-1-5-16-7/h1-2,5H,3-4,6,10H2,(H,12,13). The average Bonchev–Trinajstić information content (AvgIpc) is 2.86. The molecular formula is C9H12N2O4S2. The van der Waals surface area contributed by atoms with Crippen LogP contribution in [0.5, 0.6) is 0 Å². The molecule has 0 amide bonds. The zero-order valence-corrected chi connectivity index (χ0v) is 10.5. The van der Waals surface area contributed by atoms with Crippen LogP contribution in [0, 0.1) is 0 Å². The SMILES string of the molecule is NC1(C(=O)O)CCN(S(=O)(=O)c2cccs2)C1. The largest absolute Gasteiger partial charge is 0.480 e. The summed E-state index contributed by atoms with van der Waals surface area (Å²) in [5, 5.41) is 10.6. The van der Waals surface area contributed by atoms with Crippen LogP contribution in [0.25, 0.3) is 0 Å². The molecule has 2 heterocycles. The summed E-state index contributed by atoms with van der Waals surface area (Å²) in [5.74, 6) is -1.17. The Morgan fingerprint density at radius 1 is 1.59 bits per heavy atom. The third-order valence-electron chi connectivity index (χ3n) is 2.78. The van der Waals surface area contributed by atoms with Crippen LogP contribution in [-0.2, 0) is 14.8 Å². The molecule has 0 aromatic carbocycles. The van der Waals surface area contributed by atoms with Gasteiger partial charge in [-0.25, -0.2) is 8.42 Å². The molecule has 1 unspecified atom stereocenters. The van der Waals surface area contributed by atoms with E-state index in [1.807, 2.05) is 0 Å². The minimum absolute atomic E-state index is 0.132. The van der Waals surface area contributed by atoms with Crippen molar-refractivity contribution < 1.29 is 18.3 Å². The van der Waals surface area contributed by atoms with Gasteiger partial charge in [0.1, 0.15) is 9.75 Å². The number of hydrogen-bond acceptors (Lipinski definition) is 5. The predicted octanol–water partition coefficient (Wildman–Crippen LogP) is -0.0754. The van der Waals surface area contributed by atoms with Crippen LogP contribution >= 0.6 is 11.3 Å². The van der Waals surface area contributed by atoms with Crippen molar-refractivity contribution in [3.05, 3.63) is 17.5 Å². The molecular weight excluding hydrogens is 264 g/mol. The first-order valence-electron chi connectivity index (χ1n) is 4.92. The Morgan fingerprint density at radius 3 is 2.76 bits per heavy atom. The Hall–Kier alpha value is -0.960. The van der Waals surface area contributed by atoms with Gasteiger partial charge in [-0.15, -0.1) is 11.3 Å². The molecule has 1 atom stereocenters. The van der Waals surface area contributed by atoms with E-state index in [1.54, 1.807) is 11.4 Å². The monoisotopic (exact) mass is 276 g/mol. The lowest BCUT2D eigenvalue weighted by atomic mass is 10.0. The van der Waals surface area contributed by atoms with E-state index in [0.717, 1.165) is 15.6 Å². The topological polar surface area (TPSA) is 101 Å². The van der Waals surface area contributed by atoms with Crippen LogP contribution in [-0.4, -0.2) is 42.4 Å². The summed E-state index contributed by atoms with van der Waals surface area (Å²) in [7, 11) is -3.59. The van der Waals surface area contributed by atoms with Crippen LogP contribution in [0.15, 0.2) is 21.7 Å². The van der Waals surface area contributed by atoms with Gasteiger partial charge in [-0.1, -0.05) is 6.07 Å². The molecule has 6 nitrogen and oxygen atoms in total. The molecule has 3 N–H and O–H groups in total. The van der Waals surface area contributed by atoms with Gasteiger partial charge >= 0.3 is 5.97 Å². The molecule has 8 heteroatoms. The van der Waals surface area contributed by atoms with Crippen LogP contribution in [0.3, 0.4) is 0 Å². The number of hydrogen-bond donors (Lipinski definition) is 2. The second-order valence-corrected chi connectivity index (χ2v) is 7.09. The molecule has 1 aromatic rings. The van der Waals surface area contributed by atoms with Crippen molar-refractivity contribution in [2.24, 2.45) is 5.73 Å². The fourth-order valence-corrected chi connectivity index (χ4v) is 4.37. The zero-order valence-electron chi connectivity index (χ0n) is 8.87. The highest BCUT2D eigenvalue weighted by atomic mass is 32.2. The zero-order chi connectivity index (χ0) is 12.7. The fourth-order valence-electron chi connectivity index (χ4n) is 1.71. The van der Waals surface area contributed by atoms with E-state index in [1.165, 1.54) is 6.07 Å². The molecule has 1 aliphatic rings. The van der Waals surface area contributed by atoms with Gasteiger partial charge in [-0.3, -0.25) is 4.79 Å². The van der Waals surface area contributed by atoms with Crippen molar-refractivity contribution in [2.75, 3.05) is 13.1 Å². The van der Waals surface area contributed by atoms with Crippen LogP contribution < -0.4 is 5.73 Å². The van der Waals surface area contributed by atoms with Gasteiger partial charge in [-0.2, -0.15) is 4.31 Å². The Balaban J connectivity index is 2.25. The quantitative estimate of drug-likeness (QED) is 0.804. The third-order valence-corrected chi connectivity index (χ3v) is 6.00. The molecule has 94 valence electrons. The fraction of sp³-hybridized carbons (Fsp3) is 0.444. The number of thiophene rings is 1. The number of aliphatic carboxylic acids is 1. The molecule has 0 radical (unpaired) electrons. The average molecular weight is 276 g/mol. The van der Waals surface area contributed by atoms with Gasteiger partial charge < -0.3 is 10.8 Å². The number of carboxylic acid groups (broad SMARTS) is 1. The normalized spacial score (nSPS) is 26.2. The molecule has 1 saturated heterocycles. The van der Waals surface area contributed by atoms with E-state index in [4.69, 9.17) is 10.8 Å².